The Kier molecular flexibility index (Phi) is 5.21. The van der Waals surface area contributed by atoms with E-state index in [-0.39, 0.29) is 6.42 Å². The van der Waals surface area contributed by atoms with Crippen LogP contribution in [0.3, 0.4) is 0 Å². The number of aliphatic carboxylic acids is 1. The van der Waals surface area contributed by atoms with Crippen LogP contribution < -0.4 is 5.32 Å². The van der Waals surface area contributed by atoms with E-state index >= 15 is 0 Å². The number of hydrogen-bond acceptors (Lipinski definition) is 1. The molecule has 0 amide bonds. The molecular weight excluding hydrogens is 118 g/mol. The SMILES string of the molecule is C[N]CCCCC(=O)O. The lowest BCUT2D eigenvalue weighted by atomic mass is 10.2. The minimum absolute atomic E-state index is 0.273. The van der Waals surface area contributed by atoms with Crippen molar-refractivity contribution >= 4 is 5.97 Å². The minimum atomic E-state index is -0.717. The van der Waals surface area contributed by atoms with E-state index in [4.69, 9.17) is 5.11 Å². The fraction of sp³-hybridized carbons (Fsp3) is 0.833. The van der Waals surface area contributed by atoms with E-state index in [1.165, 1.54) is 0 Å². The summed E-state index contributed by atoms with van der Waals surface area (Å²) in [7, 11) is 1.74. The van der Waals surface area contributed by atoms with Crippen molar-refractivity contribution in [2.75, 3.05) is 13.6 Å². The summed E-state index contributed by atoms with van der Waals surface area (Å²) >= 11 is 0. The van der Waals surface area contributed by atoms with Gasteiger partial charge in [-0.2, -0.15) is 0 Å². The first kappa shape index (κ1) is 8.43. The topological polar surface area (TPSA) is 51.4 Å². The second-order valence-electron chi connectivity index (χ2n) is 1.89. The van der Waals surface area contributed by atoms with Crippen LogP contribution in [0.5, 0.6) is 0 Å². The number of carbonyl (C=O) groups is 1. The maximum atomic E-state index is 9.93. The van der Waals surface area contributed by atoms with Gasteiger partial charge >= 0.3 is 5.97 Å². The molecular formula is C6H12NO2. The van der Waals surface area contributed by atoms with Crippen LogP contribution in [0.15, 0.2) is 0 Å². The second kappa shape index (κ2) is 5.56. The fourth-order valence-corrected chi connectivity index (χ4v) is 0.546. The molecule has 0 unspecified atom stereocenters. The third-order valence-corrected chi connectivity index (χ3v) is 1.02. The summed E-state index contributed by atoms with van der Waals surface area (Å²) in [5.41, 5.74) is 0. The molecule has 1 radical (unpaired) electrons. The summed E-state index contributed by atoms with van der Waals surface area (Å²) in [6.07, 6.45) is 1.91. The van der Waals surface area contributed by atoms with Crippen LogP contribution in [0.2, 0.25) is 0 Å². The predicted molar refractivity (Wildman–Crippen MR) is 34.4 cm³/mol. The van der Waals surface area contributed by atoms with Gasteiger partial charge in [-0.05, 0) is 12.8 Å². The monoisotopic (exact) mass is 130 g/mol. The highest BCUT2D eigenvalue weighted by molar-refractivity contribution is 5.66. The van der Waals surface area contributed by atoms with Gasteiger partial charge in [-0.1, -0.05) is 0 Å². The van der Waals surface area contributed by atoms with Gasteiger partial charge in [0.15, 0.2) is 0 Å². The van der Waals surface area contributed by atoms with E-state index in [0.29, 0.717) is 0 Å². The van der Waals surface area contributed by atoms with Crippen molar-refractivity contribution in [3.8, 4) is 0 Å². The summed E-state index contributed by atoms with van der Waals surface area (Å²) in [5.74, 6) is -0.717. The lowest BCUT2D eigenvalue weighted by Crippen LogP contribution is -2.01. The number of carboxylic acid groups (broad SMARTS) is 1. The van der Waals surface area contributed by atoms with Gasteiger partial charge < -0.3 is 5.11 Å². The maximum Gasteiger partial charge on any atom is 0.303 e. The fourth-order valence-electron chi connectivity index (χ4n) is 0.546. The molecule has 53 valence electrons. The molecule has 0 heterocycles. The van der Waals surface area contributed by atoms with E-state index in [1.807, 2.05) is 0 Å². The Balaban J connectivity index is 2.83. The molecule has 0 fully saturated rings. The zero-order valence-corrected chi connectivity index (χ0v) is 5.63. The molecule has 0 rings (SSSR count). The van der Waals surface area contributed by atoms with Crippen LogP contribution in [0, 0.1) is 0 Å². The third-order valence-electron chi connectivity index (χ3n) is 1.02. The molecule has 0 aliphatic rings. The van der Waals surface area contributed by atoms with Crippen LogP contribution >= 0.6 is 0 Å². The number of nitrogens with zero attached hydrogens (tertiary/aromatic N) is 1. The molecule has 0 atom stereocenters. The zero-order valence-electron chi connectivity index (χ0n) is 5.63. The Labute approximate surface area is 55.1 Å². The largest absolute Gasteiger partial charge is 0.481 e. The minimum Gasteiger partial charge on any atom is -0.481 e. The number of carboxylic acids is 1. The zero-order chi connectivity index (χ0) is 7.11. The first-order valence-electron chi connectivity index (χ1n) is 3.04. The average molecular weight is 130 g/mol. The first-order chi connectivity index (χ1) is 4.27. The molecule has 3 heteroatoms. The van der Waals surface area contributed by atoms with E-state index < -0.39 is 5.97 Å². The Morgan fingerprint density at radius 3 is 2.67 bits per heavy atom. The molecule has 3 nitrogen and oxygen atoms in total. The van der Waals surface area contributed by atoms with Crippen molar-refractivity contribution in [3.63, 3.8) is 0 Å². The molecule has 9 heavy (non-hydrogen) atoms. The molecule has 0 aromatic heterocycles. The van der Waals surface area contributed by atoms with Gasteiger partial charge in [0.2, 0.25) is 0 Å². The van der Waals surface area contributed by atoms with Crippen LogP contribution in [-0.4, -0.2) is 24.7 Å². The number of hydrogen-bond donors (Lipinski definition) is 1. The van der Waals surface area contributed by atoms with E-state index in [2.05, 4.69) is 5.32 Å². The molecule has 0 saturated heterocycles. The third kappa shape index (κ3) is 7.43. The van der Waals surface area contributed by atoms with Gasteiger partial charge in [0.05, 0.1) is 0 Å². The van der Waals surface area contributed by atoms with Crippen LogP contribution in [0.1, 0.15) is 19.3 Å². The number of unbranched alkanes of at least 4 members (excludes halogenated alkanes) is 1. The highest BCUT2D eigenvalue weighted by Crippen LogP contribution is 1.92. The Morgan fingerprint density at radius 1 is 1.56 bits per heavy atom. The Hall–Kier alpha value is -0.570. The standard InChI is InChI=1S/C6H12NO2/c1-7-5-3-2-4-6(8)9/h2-5H2,1H3,(H,8,9). The summed E-state index contributed by atoms with van der Waals surface area (Å²) < 4.78 is 0. The second-order valence-corrected chi connectivity index (χ2v) is 1.89. The van der Waals surface area contributed by atoms with Crippen molar-refractivity contribution in [2.24, 2.45) is 0 Å². The number of rotatable bonds is 5. The smallest absolute Gasteiger partial charge is 0.303 e. The van der Waals surface area contributed by atoms with Gasteiger partial charge in [-0.3, -0.25) is 4.79 Å². The highest BCUT2D eigenvalue weighted by atomic mass is 16.4. The van der Waals surface area contributed by atoms with Crippen LogP contribution in [-0.2, 0) is 4.79 Å². The molecule has 0 aliphatic heterocycles. The van der Waals surface area contributed by atoms with Gasteiger partial charge in [0.1, 0.15) is 0 Å². The lowest BCUT2D eigenvalue weighted by Gasteiger charge is -1.93. The normalized spacial score (nSPS) is 9.44. The van der Waals surface area contributed by atoms with Gasteiger partial charge in [0, 0.05) is 20.0 Å². The van der Waals surface area contributed by atoms with Crippen molar-refractivity contribution < 1.29 is 9.90 Å². The molecule has 0 aromatic carbocycles. The van der Waals surface area contributed by atoms with Gasteiger partial charge in [0.25, 0.3) is 0 Å². The molecule has 0 saturated carbocycles. The molecule has 1 N–H and O–H groups in total. The van der Waals surface area contributed by atoms with Crippen molar-refractivity contribution in [3.05, 3.63) is 0 Å². The molecule has 0 aromatic rings. The Morgan fingerprint density at radius 2 is 2.22 bits per heavy atom. The van der Waals surface area contributed by atoms with E-state index in [0.717, 1.165) is 19.4 Å². The average Bonchev–Trinajstić information content (AvgIpc) is 1.80. The van der Waals surface area contributed by atoms with Crippen LogP contribution in [0.25, 0.3) is 0 Å². The lowest BCUT2D eigenvalue weighted by molar-refractivity contribution is -0.137. The van der Waals surface area contributed by atoms with Gasteiger partial charge in [-0.15, -0.1) is 0 Å². The van der Waals surface area contributed by atoms with Gasteiger partial charge in [-0.25, -0.2) is 5.32 Å². The highest BCUT2D eigenvalue weighted by Gasteiger charge is 1.94. The van der Waals surface area contributed by atoms with E-state index in [9.17, 15) is 4.79 Å². The Bertz CT molecular complexity index is 83.1. The summed E-state index contributed by atoms with van der Waals surface area (Å²) in [6.45, 7) is 0.785. The van der Waals surface area contributed by atoms with Crippen molar-refractivity contribution in [2.45, 2.75) is 19.3 Å². The van der Waals surface area contributed by atoms with Crippen molar-refractivity contribution in [1.82, 2.24) is 5.32 Å². The van der Waals surface area contributed by atoms with Crippen LogP contribution in [0.4, 0.5) is 0 Å². The van der Waals surface area contributed by atoms with E-state index in [1.54, 1.807) is 7.05 Å². The summed E-state index contributed by atoms with van der Waals surface area (Å²) in [5, 5.41) is 12.0. The maximum absolute atomic E-state index is 9.93. The summed E-state index contributed by atoms with van der Waals surface area (Å²) in [6, 6.07) is 0. The predicted octanol–water partition coefficient (Wildman–Crippen LogP) is 0.475. The quantitative estimate of drug-likeness (QED) is 0.550. The molecule has 0 spiro atoms. The molecule has 0 bridgehead atoms. The van der Waals surface area contributed by atoms with Crippen molar-refractivity contribution in [1.29, 1.82) is 0 Å². The first-order valence-corrected chi connectivity index (χ1v) is 3.04. The molecule has 0 aliphatic carbocycles. The summed E-state index contributed by atoms with van der Waals surface area (Å²) in [4.78, 5) is 9.93.